The summed E-state index contributed by atoms with van der Waals surface area (Å²) in [6, 6.07) is 3.46. The van der Waals surface area contributed by atoms with Crippen LogP contribution in [0.2, 0.25) is 0 Å². The molecule has 0 aliphatic carbocycles. The smallest absolute Gasteiger partial charge is 0.338 e. The third-order valence-corrected chi connectivity index (χ3v) is 2.59. The molecule has 14 heavy (non-hydrogen) atoms. The predicted molar refractivity (Wildman–Crippen MR) is 56.8 cm³/mol. The van der Waals surface area contributed by atoms with Gasteiger partial charge in [0.15, 0.2) is 0 Å². The van der Waals surface area contributed by atoms with Gasteiger partial charge >= 0.3 is 5.97 Å². The first-order valence-corrected chi connectivity index (χ1v) is 4.82. The number of esters is 1. The lowest BCUT2D eigenvalue weighted by atomic mass is 10.1. The molecule has 0 radical (unpaired) electrons. The van der Waals surface area contributed by atoms with E-state index in [1.54, 1.807) is 19.2 Å². The summed E-state index contributed by atoms with van der Waals surface area (Å²) in [5.74, 6) is 0.307. The molecular formula is C10H11BrO3. The van der Waals surface area contributed by atoms with Gasteiger partial charge in [0, 0.05) is 5.56 Å². The molecule has 4 heteroatoms. The third-order valence-electron chi connectivity index (χ3n) is 1.97. The highest BCUT2D eigenvalue weighted by molar-refractivity contribution is 9.10. The Kier molecular flexibility index (Phi) is 3.52. The Balaban J connectivity index is 3.28. The van der Waals surface area contributed by atoms with Gasteiger partial charge in [-0.15, -0.1) is 0 Å². The van der Waals surface area contributed by atoms with Crippen LogP contribution in [0.5, 0.6) is 5.75 Å². The molecule has 0 aliphatic rings. The van der Waals surface area contributed by atoms with Gasteiger partial charge in [-0.25, -0.2) is 4.79 Å². The van der Waals surface area contributed by atoms with E-state index in [1.165, 1.54) is 7.11 Å². The Bertz CT molecular complexity index is 361. The molecule has 0 bridgehead atoms. The Hall–Kier alpha value is -1.03. The van der Waals surface area contributed by atoms with E-state index in [0.717, 1.165) is 10.0 Å². The average molecular weight is 259 g/mol. The minimum Gasteiger partial charge on any atom is -0.495 e. The van der Waals surface area contributed by atoms with E-state index in [1.807, 2.05) is 6.92 Å². The normalized spacial score (nSPS) is 9.71. The van der Waals surface area contributed by atoms with Crippen LogP contribution in [0.25, 0.3) is 0 Å². The highest BCUT2D eigenvalue weighted by Crippen LogP contribution is 2.30. The van der Waals surface area contributed by atoms with E-state index in [2.05, 4.69) is 20.7 Å². The average Bonchev–Trinajstić information content (AvgIpc) is 2.18. The van der Waals surface area contributed by atoms with Crippen LogP contribution in [0.3, 0.4) is 0 Å². The number of rotatable bonds is 2. The first-order chi connectivity index (χ1) is 6.61. The van der Waals surface area contributed by atoms with E-state index in [4.69, 9.17) is 4.74 Å². The van der Waals surface area contributed by atoms with Gasteiger partial charge in [0.25, 0.3) is 0 Å². The molecule has 0 unspecified atom stereocenters. The standard InChI is InChI=1S/C10H11BrO3/c1-6-7(10(12)14-3)4-5-8(11)9(6)13-2/h4-5H,1-3H3. The van der Waals surface area contributed by atoms with Gasteiger partial charge in [-0.2, -0.15) is 0 Å². The summed E-state index contributed by atoms with van der Waals surface area (Å²) in [7, 11) is 2.92. The van der Waals surface area contributed by atoms with Gasteiger partial charge in [0.1, 0.15) is 5.75 Å². The molecule has 3 nitrogen and oxygen atoms in total. The van der Waals surface area contributed by atoms with Gasteiger partial charge in [-0.1, -0.05) is 0 Å². The van der Waals surface area contributed by atoms with E-state index >= 15 is 0 Å². The molecule has 1 aromatic rings. The van der Waals surface area contributed by atoms with Crippen LogP contribution in [0.1, 0.15) is 15.9 Å². The second-order valence-corrected chi connectivity index (χ2v) is 3.60. The van der Waals surface area contributed by atoms with Gasteiger partial charge in [-0.3, -0.25) is 0 Å². The lowest BCUT2D eigenvalue weighted by Gasteiger charge is -2.10. The maximum Gasteiger partial charge on any atom is 0.338 e. The molecule has 0 aliphatic heterocycles. The van der Waals surface area contributed by atoms with Crippen molar-refractivity contribution in [2.75, 3.05) is 14.2 Å². The second-order valence-electron chi connectivity index (χ2n) is 2.74. The van der Waals surface area contributed by atoms with Crippen LogP contribution in [0.15, 0.2) is 16.6 Å². The summed E-state index contributed by atoms with van der Waals surface area (Å²) in [5.41, 5.74) is 1.29. The van der Waals surface area contributed by atoms with Crippen LogP contribution in [-0.2, 0) is 4.74 Å². The molecule has 0 saturated heterocycles. The van der Waals surface area contributed by atoms with Gasteiger partial charge in [-0.05, 0) is 35.0 Å². The first-order valence-electron chi connectivity index (χ1n) is 4.03. The summed E-state index contributed by atoms with van der Waals surface area (Å²) in [6.07, 6.45) is 0. The maximum absolute atomic E-state index is 11.3. The lowest BCUT2D eigenvalue weighted by Crippen LogP contribution is -2.05. The topological polar surface area (TPSA) is 35.5 Å². The van der Waals surface area contributed by atoms with Crippen LogP contribution in [0.4, 0.5) is 0 Å². The van der Waals surface area contributed by atoms with E-state index in [-0.39, 0.29) is 5.97 Å². The van der Waals surface area contributed by atoms with E-state index < -0.39 is 0 Å². The Morgan fingerprint density at radius 2 is 2.00 bits per heavy atom. The molecule has 0 aromatic heterocycles. The summed E-state index contributed by atoms with van der Waals surface area (Å²) in [6.45, 7) is 1.82. The molecule has 0 spiro atoms. The van der Waals surface area contributed by atoms with Crippen LogP contribution in [0, 0.1) is 6.92 Å². The highest BCUT2D eigenvalue weighted by Gasteiger charge is 2.14. The van der Waals surface area contributed by atoms with Crippen molar-refractivity contribution in [3.63, 3.8) is 0 Å². The number of hydrogen-bond donors (Lipinski definition) is 0. The summed E-state index contributed by atoms with van der Waals surface area (Å²) in [4.78, 5) is 11.3. The van der Waals surface area contributed by atoms with Crippen molar-refractivity contribution >= 4 is 21.9 Å². The fourth-order valence-corrected chi connectivity index (χ4v) is 1.83. The largest absolute Gasteiger partial charge is 0.495 e. The lowest BCUT2D eigenvalue weighted by molar-refractivity contribution is 0.0599. The van der Waals surface area contributed by atoms with Crippen molar-refractivity contribution in [1.29, 1.82) is 0 Å². The summed E-state index contributed by atoms with van der Waals surface area (Å²) < 4.78 is 10.6. The Morgan fingerprint density at radius 3 is 2.50 bits per heavy atom. The SMILES string of the molecule is COC(=O)c1ccc(Br)c(OC)c1C. The molecule has 0 atom stereocenters. The summed E-state index contributed by atoms with van der Waals surface area (Å²) >= 11 is 3.34. The predicted octanol–water partition coefficient (Wildman–Crippen LogP) is 2.55. The molecule has 76 valence electrons. The third kappa shape index (κ3) is 1.90. The fourth-order valence-electron chi connectivity index (χ4n) is 1.24. The zero-order valence-corrected chi connectivity index (χ0v) is 9.84. The van der Waals surface area contributed by atoms with Crippen molar-refractivity contribution in [3.8, 4) is 5.75 Å². The monoisotopic (exact) mass is 258 g/mol. The number of methoxy groups -OCH3 is 2. The molecule has 0 saturated carbocycles. The fraction of sp³-hybridized carbons (Fsp3) is 0.300. The minimum absolute atomic E-state index is 0.353. The van der Waals surface area contributed by atoms with Crippen LogP contribution >= 0.6 is 15.9 Å². The first kappa shape index (κ1) is 11.0. The molecule has 0 amide bonds. The van der Waals surface area contributed by atoms with Crippen LogP contribution < -0.4 is 4.74 Å². The Morgan fingerprint density at radius 1 is 1.36 bits per heavy atom. The van der Waals surface area contributed by atoms with Gasteiger partial charge < -0.3 is 9.47 Å². The highest BCUT2D eigenvalue weighted by atomic mass is 79.9. The zero-order chi connectivity index (χ0) is 10.7. The number of benzene rings is 1. The molecular weight excluding hydrogens is 248 g/mol. The van der Waals surface area contributed by atoms with Crippen LogP contribution in [-0.4, -0.2) is 20.2 Å². The van der Waals surface area contributed by atoms with Crippen molar-refractivity contribution in [3.05, 3.63) is 27.7 Å². The molecule has 1 aromatic carbocycles. The van der Waals surface area contributed by atoms with Crippen molar-refractivity contribution in [2.45, 2.75) is 6.92 Å². The molecule has 0 heterocycles. The van der Waals surface area contributed by atoms with Crippen molar-refractivity contribution in [2.24, 2.45) is 0 Å². The van der Waals surface area contributed by atoms with Gasteiger partial charge in [0.05, 0.1) is 24.3 Å². The van der Waals surface area contributed by atoms with Crippen molar-refractivity contribution < 1.29 is 14.3 Å². The quantitative estimate of drug-likeness (QED) is 0.765. The number of ether oxygens (including phenoxy) is 2. The Labute approximate surface area is 91.1 Å². The van der Waals surface area contributed by atoms with Crippen molar-refractivity contribution in [1.82, 2.24) is 0 Å². The summed E-state index contributed by atoms with van der Waals surface area (Å²) in [5, 5.41) is 0. The number of carbonyl (C=O) groups excluding carboxylic acids is 1. The zero-order valence-electron chi connectivity index (χ0n) is 8.26. The molecule has 1 rings (SSSR count). The van der Waals surface area contributed by atoms with Gasteiger partial charge in [0.2, 0.25) is 0 Å². The van der Waals surface area contributed by atoms with E-state index in [9.17, 15) is 4.79 Å². The minimum atomic E-state index is -0.353. The molecule has 0 fully saturated rings. The number of halogens is 1. The number of carbonyl (C=O) groups is 1. The maximum atomic E-state index is 11.3. The second kappa shape index (κ2) is 4.46. The number of hydrogen-bond acceptors (Lipinski definition) is 3. The van der Waals surface area contributed by atoms with E-state index in [0.29, 0.717) is 11.3 Å². The molecule has 0 N–H and O–H groups in total.